The van der Waals surface area contributed by atoms with Crippen LogP contribution in [0.25, 0.3) is 11.1 Å². The van der Waals surface area contributed by atoms with E-state index in [0.717, 1.165) is 42.2 Å². The van der Waals surface area contributed by atoms with Gasteiger partial charge in [0.15, 0.2) is 12.2 Å². The van der Waals surface area contributed by atoms with Crippen molar-refractivity contribution in [2.45, 2.75) is 32.5 Å². The van der Waals surface area contributed by atoms with Gasteiger partial charge in [0.25, 0.3) is 17.4 Å². The van der Waals surface area contributed by atoms with Gasteiger partial charge in [0, 0.05) is 51.0 Å². The molecule has 2 aliphatic rings. The Morgan fingerprint density at radius 2 is 1.89 bits per heavy atom. The molecular formula is C33H34N6O4S. The molecule has 226 valence electrons. The smallest absolute Gasteiger partial charge is 0.269 e. The molecule has 1 unspecified atom stereocenters. The molecule has 44 heavy (non-hydrogen) atoms. The molecule has 1 aliphatic heterocycles. The summed E-state index contributed by atoms with van der Waals surface area (Å²) in [5.41, 5.74) is 2.64. The molecule has 2 heterocycles. The number of benzene rings is 2. The van der Waals surface area contributed by atoms with E-state index in [1.165, 1.54) is 10.1 Å². The van der Waals surface area contributed by atoms with Crippen molar-refractivity contribution in [3.05, 3.63) is 79.7 Å². The van der Waals surface area contributed by atoms with E-state index >= 15 is 0 Å². The number of nitrogens with one attached hydrogen (secondary N) is 2. The topological polar surface area (TPSA) is 120 Å². The zero-order valence-electron chi connectivity index (χ0n) is 24.5. The molecule has 2 fully saturated rings. The maximum Gasteiger partial charge on any atom is 0.269 e. The molecule has 1 aromatic heterocycles. The first-order valence-corrected chi connectivity index (χ1v) is 15.4. The number of carbonyl (C=O) groups excluding carboxylic acids is 2. The average molecular weight is 611 g/mol. The summed E-state index contributed by atoms with van der Waals surface area (Å²) >= 11 is 1.15. The van der Waals surface area contributed by atoms with Crippen LogP contribution in [0.2, 0.25) is 0 Å². The van der Waals surface area contributed by atoms with Crippen LogP contribution in [0, 0.1) is 23.7 Å². The number of amides is 2. The third-order valence-electron chi connectivity index (χ3n) is 7.59. The summed E-state index contributed by atoms with van der Waals surface area (Å²) < 4.78 is 8.15. The van der Waals surface area contributed by atoms with E-state index in [2.05, 4.69) is 33.6 Å². The summed E-state index contributed by atoms with van der Waals surface area (Å²) in [7, 11) is 0. The summed E-state index contributed by atoms with van der Waals surface area (Å²) in [5.74, 6) is 2.25. The molecule has 1 atom stereocenters. The molecule has 5 rings (SSSR count). The average Bonchev–Trinajstić information content (AvgIpc) is 3.72. The Balaban J connectivity index is 1.19. The van der Waals surface area contributed by atoms with E-state index < -0.39 is 5.91 Å². The SMILES string of the molecule is C#CCNC(=O)/C(C#N)=c1\sc(=C2CC2Nc2cccc(OCC(=O)N3CCN(Cc4ccccc4)CC3)c2)c(=O)n1CC. The van der Waals surface area contributed by atoms with Crippen LogP contribution in [-0.2, 0) is 22.7 Å². The van der Waals surface area contributed by atoms with Crippen LogP contribution < -0.4 is 30.1 Å². The highest BCUT2D eigenvalue weighted by molar-refractivity contribution is 7.07. The lowest BCUT2D eigenvalue weighted by atomic mass is 10.2. The quantitative estimate of drug-likeness (QED) is 0.330. The Morgan fingerprint density at radius 3 is 2.59 bits per heavy atom. The number of aromatic nitrogens is 1. The second-order valence-corrected chi connectivity index (χ2v) is 11.5. The number of nitriles is 1. The highest BCUT2D eigenvalue weighted by atomic mass is 32.1. The van der Waals surface area contributed by atoms with E-state index in [-0.39, 0.29) is 36.2 Å². The Hall–Kier alpha value is -4.84. The number of hydrogen-bond donors (Lipinski definition) is 2. The summed E-state index contributed by atoms with van der Waals surface area (Å²) in [6, 6.07) is 19.6. The van der Waals surface area contributed by atoms with Gasteiger partial charge in [-0.1, -0.05) is 42.3 Å². The van der Waals surface area contributed by atoms with Crippen LogP contribution >= 0.6 is 11.3 Å². The van der Waals surface area contributed by atoms with Crippen molar-refractivity contribution in [3.63, 3.8) is 0 Å². The Bertz CT molecular complexity index is 1790. The van der Waals surface area contributed by atoms with Crippen molar-refractivity contribution in [1.82, 2.24) is 19.7 Å². The fourth-order valence-electron chi connectivity index (χ4n) is 5.16. The number of hydrogen-bond acceptors (Lipinski definition) is 8. The lowest BCUT2D eigenvalue weighted by Gasteiger charge is -2.34. The molecule has 2 amide bonds. The number of rotatable bonds is 10. The molecule has 1 saturated carbocycles. The minimum atomic E-state index is -0.600. The fourth-order valence-corrected chi connectivity index (χ4v) is 6.47. The molecule has 1 saturated heterocycles. The van der Waals surface area contributed by atoms with Gasteiger partial charge in [0.2, 0.25) is 0 Å². The fraction of sp³-hybridized carbons (Fsp3) is 0.333. The van der Waals surface area contributed by atoms with Gasteiger partial charge in [-0.3, -0.25) is 23.9 Å². The standard InChI is InChI=1S/C33H34N6O4S/c1-3-13-35-31(41)27(20-34)33-39(4-2)32(42)30(44-33)26-19-28(26)36-24-11-8-12-25(18-24)43-22-29(40)38-16-14-37(15-17-38)21-23-9-6-5-7-10-23/h1,5-12,18,28,36H,4,13-17,19,21-22H2,2H3,(H,35,41)/b30-26?,33-27-. The summed E-state index contributed by atoms with van der Waals surface area (Å²) in [6.45, 7) is 5.94. The molecule has 3 aromatic rings. The number of thiazole rings is 1. The molecule has 10 nitrogen and oxygen atoms in total. The Labute approximate surface area is 259 Å². The second kappa shape index (κ2) is 14.1. The molecular weight excluding hydrogens is 576 g/mol. The van der Waals surface area contributed by atoms with E-state index in [4.69, 9.17) is 11.2 Å². The maximum atomic E-state index is 13.2. The van der Waals surface area contributed by atoms with Gasteiger partial charge in [-0.05, 0) is 36.6 Å². The number of ether oxygens (including phenoxy) is 1. The normalized spacial score (nSPS) is 18.1. The lowest BCUT2D eigenvalue weighted by molar-refractivity contribution is -0.135. The molecule has 11 heteroatoms. The van der Waals surface area contributed by atoms with Crippen LogP contribution in [-0.4, -0.2) is 71.6 Å². The van der Waals surface area contributed by atoms with Crippen molar-refractivity contribution in [2.24, 2.45) is 0 Å². The highest BCUT2D eigenvalue weighted by Crippen LogP contribution is 2.33. The molecule has 2 aromatic carbocycles. The number of piperazine rings is 1. The van der Waals surface area contributed by atoms with Crippen LogP contribution in [0.4, 0.5) is 5.69 Å². The van der Waals surface area contributed by atoms with Gasteiger partial charge in [0.05, 0.1) is 17.1 Å². The van der Waals surface area contributed by atoms with Crippen LogP contribution in [0.15, 0.2) is 59.4 Å². The van der Waals surface area contributed by atoms with Crippen molar-refractivity contribution < 1.29 is 14.3 Å². The Morgan fingerprint density at radius 1 is 1.11 bits per heavy atom. The number of carbonyl (C=O) groups is 2. The van der Waals surface area contributed by atoms with Crippen LogP contribution in [0.5, 0.6) is 5.75 Å². The van der Waals surface area contributed by atoms with Gasteiger partial charge in [-0.25, -0.2) is 0 Å². The number of nitrogens with zero attached hydrogens (tertiary/aromatic N) is 4. The predicted molar refractivity (Wildman–Crippen MR) is 170 cm³/mol. The van der Waals surface area contributed by atoms with Gasteiger partial charge in [-0.15, -0.1) is 17.8 Å². The third kappa shape index (κ3) is 7.20. The van der Waals surface area contributed by atoms with Gasteiger partial charge >= 0.3 is 0 Å². The molecule has 0 radical (unpaired) electrons. The minimum absolute atomic E-state index is 0.00883. The second-order valence-electron chi connectivity index (χ2n) is 10.5. The zero-order chi connectivity index (χ0) is 31.1. The van der Waals surface area contributed by atoms with Gasteiger partial charge in [0.1, 0.15) is 16.5 Å². The predicted octanol–water partition coefficient (Wildman–Crippen LogP) is 1.11. The van der Waals surface area contributed by atoms with Crippen molar-refractivity contribution in [1.29, 1.82) is 5.26 Å². The van der Waals surface area contributed by atoms with E-state index in [0.29, 0.717) is 41.0 Å². The molecule has 0 spiro atoms. The Kier molecular flexibility index (Phi) is 9.80. The highest BCUT2D eigenvalue weighted by Gasteiger charge is 2.33. The van der Waals surface area contributed by atoms with E-state index in [1.54, 1.807) is 6.92 Å². The lowest BCUT2D eigenvalue weighted by Crippen LogP contribution is -2.49. The molecule has 0 bridgehead atoms. The van der Waals surface area contributed by atoms with Gasteiger partial charge < -0.3 is 20.3 Å². The summed E-state index contributed by atoms with van der Waals surface area (Å²) in [5, 5.41) is 15.6. The third-order valence-corrected chi connectivity index (χ3v) is 8.85. The van der Waals surface area contributed by atoms with Crippen molar-refractivity contribution in [2.75, 3.05) is 44.6 Å². The number of anilines is 1. The zero-order valence-corrected chi connectivity index (χ0v) is 25.4. The summed E-state index contributed by atoms with van der Waals surface area (Å²) in [4.78, 5) is 42.7. The van der Waals surface area contributed by atoms with Gasteiger partial charge in [-0.2, -0.15) is 5.26 Å². The molecule has 2 N–H and O–H groups in total. The largest absolute Gasteiger partial charge is 0.484 e. The first-order valence-electron chi connectivity index (χ1n) is 14.5. The van der Waals surface area contributed by atoms with Crippen molar-refractivity contribution in [3.8, 4) is 24.2 Å². The van der Waals surface area contributed by atoms with Crippen LogP contribution in [0.3, 0.4) is 0 Å². The first kappa shape index (κ1) is 30.6. The first-order chi connectivity index (χ1) is 21.4. The van der Waals surface area contributed by atoms with E-state index in [1.807, 2.05) is 53.4 Å². The van der Waals surface area contributed by atoms with E-state index in [9.17, 15) is 19.6 Å². The minimum Gasteiger partial charge on any atom is -0.484 e. The monoisotopic (exact) mass is 610 g/mol. The summed E-state index contributed by atoms with van der Waals surface area (Å²) in [6.07, 6.45) is 5.87. The molecule has 1 aliphatic carbocycles. The van der Waals surface area contributed by atoms with Crippen molar-refractivity contribution >= 4 is 40.0 Å². The maximum absolute atomic E-state index is 13.2. The van der Waals surface area contributed by atoms with Crippen LogP contribution in [0.1, 0.15) is 18.9 Å². The number of terminal acetylenes is 1.